The van der Waals surface area contributed by atoms with Gasteiger partial charge in [0.15, 0.2) is 0 Å². The van der Waals surface area contributed by atoms with Gasteiger partial charge in [0.25, 0.3) is 0 Å². The van der Waals surface area contributed by atoms with Crippen LogP contribution in [-0.2, 0) is 0 Å². The van der Waals surface area contributed by atoms with Gasteiger partial charge in [-0.1, -0.05) is 6.92 Å². The summed E-state index contributed by atoms with van der Waals surface area (Å²) in [4.78, 5) is 9.20. The highest BCUT2D eigenvalue weighted by molar-refractivity contribution is 5.97. The van der Waals surface area contributed by atoms with Crippen LogP contribution in [0.5, 0.6) is 0 Å². The highest BCUT2D eigenvalue weighted by Crippen LogP contribution is 2.30. The lowest BCUT2D eigenvalue weighted by molar-refractivity contribution is 0.271. The summed E-state index contributed by atoms with van der Waals surface area (Å²) in [5.74, 6) is 0. The summed E-state index contributed by atoms with van der Waals surface area (Å²) in [7, 11) is 0. The van der Waals surface area contributed by atoms with E-state index in [0.29, 0.717) is 0 Å². The standard InChI is InChI=1S/C15H20N4/c1-2-18-8-10-19(11-9-18)14-6-5-13-12(15(14)16)4-3-7-17-13/h3-7H,2,8-11,16H2,1H3. The van der Waals surface area contributed by atoms with E-state index in [9.17, 15) is 0 Å². The van der Waals surface area contributed by atoms with Crippen molar-refractivity contribution in [2.75, 3.05) is 43.4 Å². The van der Waals surface area contributed by atoms with Gasteiger partial charge in [-0.05, 0) is 30.8 Å². The van der Waals surface area contributed by atoms with Gasteiger partial charge in [0, 0.05) is 37.8 Å². The zero-order valence-electron chi connectivity index (χ0n) is 11.3. The van der Waals surface area contributed by atoms with E-state index in [1.165, 1.54) is 0 Å². The van der Waals surface area contributed by atoms with Gasteiger partial charge in [0.1, 0.15) is 0 Å². The Kier molecular flexibility index (Phi) is 3.25. The lowest BCUT2D eigenvalue weighted by atomic mass is 10.1. The summed E-state index contributed by atoms with van der Waals surface area (Å²) in [5.41, 5.74) is 9.30. The van der Waals surface area contributed by atoms with Gasteiger partial charge in [0.05, 0.1) is 16.9 Å². The number of piperazine rings is 1. The Bertz CT molecular complexity index is 573. The number of aromatic nitrogens is 1. The van der Waals surface area contributed by atoms with Gasteiger partial charge >= 0.3 is 0 Å². The average Bonchev–Trinajstić information content (AvgIpc) is 2.48. The predicted octanol–water partition coefficient (Wildman–Crippen LogP) is 1.96. The van der Waals surface area contributed by atoms with Gasteiger partial charge < -0.3 is 15.5 Å². The van der Waals surface area contributed by atoms with Gasteiger partial charge in [-0.15, -0.1) is 0 Å². The van der Waals surface area contributed by atoms with Crippen LogP contribution < -0.4 is 10.6 Å². The first-order valence-corrected chi connectivity index (χ1v) is 6.90. The Morgan fingerprint density at radius 2 is 1.95 bits per heavy atom. The SMILES string of the molecule is CCN1CCN(c2ccc3ncccc3c2N)CC1. The van der Waals surface area contributed by atoms with Crippen LogP contribution in [0.25, 0.3) is 10.9 Å². The van der Waals surface area contributed by atoms with Crippen molar-refractivity contribution in [2.24, 2.45) is 0 Å². The van der Waals surface area contributed by atoms with Crippen molar-refractivity contribution in [3.05, 3.63) is 30.5 Å². The number of rotatable bonds is 2. The Hall–Kier alpha value is -1.81. The fourth-order valence-corrected chi connectivity index (χ4v) is 2.74. The molecule has 1 fully saturated rings. The maximum Gasteiger partial charge on any atom is 0.0724 e. The molecule has 1 aromatic carbocycles. The van der Waals surface area contributed by atoms with E-state index >= 15 is 0 Å². The fourth-order valence-electron chi connectivity index (χ4n) is 2.74. The third kappa shape index (κ3) is 2.24. The number of nitrogens with zero attached hydrogens (tertiary/aromatic N) is 3. The third-order valence-electron chi connectivity index (χ3n) is 3.96. The topological polar surface area (TPSA) is 45.4 Å². The molecule has 1 saturated heterocycles. The van der Waals surface area contributed by atoms with Gasteiger partial charge in [-0.25, -0.2) is 0 Å². The van der Waals surface area contributed by atoms with Gasteiger partial charge in [0.2, 0.25) is 0 Å². The largest absolute Gasteiger partial charge is 0.396 e. The molecule has 4 heteroatoms. The number of hydrogen-bond acceptors (Lipinski definition) is 4. The molecular formula is C15H20N4. The van der Waals surface area contributed by atoms with Gasteiger partial charge in [-0.2, -0.15) is 0 Å². The molecule has 0 radical (unpaired) electrons. The molecule has 3 rings (SSSR count). The number of anilines is 2. The fraction of sp³-hybridized carbons (Fsp3) is 0.400. The molecule has 2 heterocycles. The summed E-state index contributed by atoms with van der Waals surface area (Å²) in [6.07, 6.45) is 1.81. The molecule has 100 valence electrons. The average molecular weight is 256 g/mol. The Morgan fingerprint density at radius 3 is 2.68 bits per heavy atom. The monoisotopic (exact) mass is 256 g/mol. The minimum absolute atomic E-state index is 0.857. The van der Waals surface area contributed by atoms with E-state index in [4.69, 9.17) is 5.73 Å². The van der Waals surface area contributed by atoms with E-state index < -0.39 is 0 Å². The first-order valence-electron chi connectivity index (χ1n) is 6.90. The number of hydrogen-bond donors (Lipinski definition) is 1. The minimum atomic E-state index is 0.857. The minimum Gasteiger partial charge on any atom is -0.396 e. The molecule has 0 unspecified atom stereocenters. The van der Waals surface area contributed by atoms with Crippen LogP contribution in [0.2, 0.25) is 0 Å². The molecule has 0 bridgehead atoms. The summed E-state index contributed by atoms with van der Waals surface area (Å²) in [5, 5.41) is 1.05. The quantitative estimate of drug-likeness (QED) is 0.834. The molecule has 19 heavy (non-hydrogen) atoms. The summed E-state index contributed by atoms with van der Waals surface area (Å²) >= 11 is 0. The van der Waals surface area contributed by atoms with E-state index in [-0.39, 0.29) is 0 Å². The number of likely N-dealkylation sites (N-methyl/N-ethyl adjacent to an activating group) is 1. The van der Waals surface area contributed by atoms with Crippen LogP contribution in [0.1, 0.15) is 6.92 Å². The Labute approximate surface area is 113 Å². The highest BCUT2D eigenvalue weighted by Gasteiger charge is 2.18. The summed E-state index contributed by atoms with van der Waals surface area (Å²) in [6.45, 7) is 7.66. The molecule has 1 aliphatic rings. The van der Waals surface area contributed by atoms with E-state index in [1.807, 2.05) is 18.3 Å². The van der Waals surface area contributed by atoms with Crippen LogP contribution in [-0.4, -0.2) is 42.6 Å². The summed E-state index contributed by atoms with van der Waals surface area (Å²) < 4.78 is 0. The Morgan fingerprint density at radius 1 is 1.16 bits per heavy atom. The van der Waals surface area contributed by atoms with Crippen molar-refractivity contribution in [3.63, 3.8) is 0 Å². The molecule has 4 nitrogen and oxygen atoms in total. The number of nitrogens with two attached hydrogens (primary N) is 1. The molecule has 0 spiro atoms. The van der Waals surface area contributed by atoms with Crippen LogP contribution in [0.3, 0.4) is 0 Å². The first-order chi connectivity index (χ1) is 9.29. The first kappa shape index (κ1) is 12.2. The van der Waals surface area contributed by atoms with E-state index in [1.54, 1.807) is 0 Å². The molecule has 2 N–H and O–H groups in total. The second-order valence-corrected chi connectivity index (χ2v) is 4.99. The van der Waals surface area contributed by atoms with Crippen LogP contribution in [0, 0.1) is 0 Å². The molecule has 1 aliphatic heterocycles. The van der Waals surface area contributed by atoms with Gasteiger partial charge in [-0.3, -0.25) is 4.98 Å². The number of pyridine rings is 1. The molecule has 2 aromatic rings. The zero-order valence-corrected chi connectivity index (χ0v) is 11.3. The molecule has 0 aliphatic carbocycles. The lowest BCUT2D eigenvalue weighted by Gasteiger charge is -2.36. The van der Waals surface area contributed by atoms with Crippen molar-refractivity contribution >= 4 is 22.3 Å². The molecular weight excluding hydrogens is 236 g/mol. The molecule has 1 aromatic heterocycles. The van der Waals surface area contributed by atoms with Crippen molar-refractivity contribution in [3.8, 4) is 0 Å². The predicted molar refractivity (Wildman–Crippen MR) is 80.5 cm³/mol. The number of fused-ring (bicyclic) bond motifs is 1. The normalized spacial score (nSPS) is 17.0. The summed E-state index contributed by atoms with van der Waals surface area (Å²) in [6, 6.07) is 8.15. The number of nitrogen functional groups attached to an aromatic ring is 1. The molecule has 0 saturated carbocycles. The molecule has 0 atom stereocenters. The maximum absolute atomic E-state index is 6.32. The Balaban J connectivity index is 1.91. The lowest BCUT2D eigenvalue weighted by Crippen LogP contribution is -2.46. The number of benzene rings is 1. The van der Waals surface area contributed by atoms with E-state index in [2.05, 4.69) is 33.8 Å². The van der Waals surface area contributed by atoms with Crippen LogP contribution in [0.15, 0.2) is 30.5 Å². The third-order valence-corrected chi connectivity index (χ3v) is 3.96. The second kappa shape index (κ2) is 5.05. The highest BCUT2D eigenvalue weighted by atomic mass is 15.3. The van der Waals surface area contributed by atoms with Crippen molar-refractivity contribution in [1.29, 1.82) is 0 Å². The van der Waals surface area contributed by atoms with Crippen molar-refractivity contribution in [2.45, 2.75) is 6.92 Å². The van der Waals surface area contributed by atoms with Crippen LogP contribution in [0.4, 0.5) is 11.4 Å². The van der Waals surface area contributed by atoms with Crippen molar-refractivity contribution in [1.82, 2.24) is 9.88 Å². The molecule has 0 amide bonds. The maximum atomic E-state index is 6.32. The second-order valence-electron chi connectivity index (χ2n) is 4.99. The zero-order chi connectivity index (χ0) is 13.2. The van der Waals surface area contributed by atoms with Crippen LogP contribution >= 0.6 is 0 Å². The van der Waals surface area contributed by atoms with E-state index in [0.717, 1.165) is 55.0 Å². The smallest absolute Gasteiger partial charge is 0.0724 e. The van der Waals surface area contributed by atoms with Crippen molar-refractivity contribution < 1.29 is 0 Å².